The molecule has 15 heavy (non-hydrogen) atoms. The number of anilines is 1. The van der Waals surface area contributed by atoms with Gasteiger partial charge in [-0.2, -0.15) is 0 Å². The molecule has 0 atom stereocenters. The molecule has 3 heteroatoms. The summed E-state index contributed by atoms with van der Waals surface area (Å²) in [7, 11) is 4.08. The fourth-order valence-electron chi connectivity index (χ4n) is 1.67. The minimum Gasteiger partial charge on any atom is -0.488 e. The highest BCUT2D eigenvalue weighted by molar-refractivity contribution is 5.56. The fourth-order valence-corrected chi connectivity index (χ4v) is 1.67. The van der Waals surface area contributed by atoms with E-state index in [1.807, 2.05) is 26.5 Å². The first kappa shape index (κ1) is 10.3. The zero-order valence-corrected chi connectivity index (χ0v) is 9.66. The van der Waals surface area contributed by atoms with Crippen LogP contribution in [0.15, 0.2) is 12.4 Å². The molecule has 0 N–H and O–H groups in total. The van der Waals surface area contributed by atoms with Crippen molar-refractivity contribution in [1.29, 1.82) is 0 Å². The van der Waals surface area contributed by atoms with Crippen LogP contribution >= 0.6 is 0 Å². The van der Waals surface area contributed by atoms with Gasteiger partial charge in [0.2, 0.25) is 0 Å². The zero-order chi connectivity index (χ0) is 10.8. The monoisotopic (exact) mass is 206 g/mol. The molecule has 0 spiro atoms. The van der Waals surface area contributed by atoms with Crippen LogP contribution < -0.4 is 9.64 Å². The van der Waals surface area contributed by atoms with Crippen molar-refractivity contribution >= 4 is 5.69 Å². The summed E-state index contributed by atoms with van der Waals surface area (Å²) in [4.78, 5) is 6.32. The molecule has 1 heterocycles. The highest BCUT2D eigenvalue weighted by Crippen LogP contribution is 2.32. The molecule has 1 aliphatic carbocycles. The lowest BCUT2D eigenvalue weighted by atomic mass is 10.1. The SMILES string of the molecule is CCc1c(OC2CC2)cncc1N(C)C. The van der Waals surface area contributed by atoms with E-state index in [9.17, 15) is 0 Å². The topological polar surface area (TPSA) is 25.4 Å². The van der Waals surface area contributed by atoms with E-state index in [0.717, 1.165) is 17.9 Å². The van der Waals surface area contributed by atoms with Gasteiger partial charge in [-0.3, -0.25) is 4.98 Å². The van der Waals surface area contributed by atoms with Crippen LogP contribution in [-0.2, 0) is 6.42 Å². The summed E-state index contributed by atoms with van der Waals surface area (Å²) in [6.07, 6.45) is 7.54. The first-order valence-corrected chi connectivity index (χ1v) is 5.53. The number of rotatable bonds is 4. The Morgan fingerprint density at radius 1 is 1.40 bits per heavy atom. The molecule has 0 bridgehead atoms. The van der Waals surface area contributed by atoms with Crippen LogP contribution in [-0.4, -0.2) is 25.2 Å². The maximum atomic E-state index is 5.85. The van der Waals surface area contributed by atoms with Gasteiger partial charge in [0.25, 0.3) is 0 Å². The summed E-state index contributed by atoms with van der Waals surface area (Å²) in [5.74, 6) is 0.964. The molecule has 0 amide bonds. The summed E-state index contributed by atoms with van der Waals surface area (Å²) in [5, 5.41) is 0. The van der Waals surface area contributed by atoms with Gasteiger partial charge in [0.1, 0.15) is 5.75 Å². The van der Waals surface area contributed by atoms with Crippen LogP contribution in [0.3, 0.4) is 0 Å². The van der Waals surface area contributed by atoms with Crippen molar-refractivity contribution in [1.82, 2.24) is 4.98 Å². The van der Waals surface area contributed by atoms with Gasteiger partial charge in [0.05, 0.1) is 24.2 Å². The average molecular weight is 206 g/mol. The second-order valence-electron chi connectivity index (χ2n) is 4.20. The van der Waals surface area contributed by atoms with Gasteiger partial charge in [0, 0.05) is 19.7 Å². The van der Waals surface area contributed by atoms with Crippen LogP contribution in [0.25, 0.3) is 0 Å². The molecule has 1 aliphatic rings. The van der Waals surface area contributed by atoms with Crippen molar-refractivity contribution < 1.29 is 4.74 Å². The average Bonchev–Trinajstić information content (AvgIpc) is 3.01. The molecule has 0 aliphatic heterocycles. The van der Waals surface area contributed by atoms with Crippen LogP contribution in [0.2, 0.25) is 0 Å². The minimum absolute atomic E-state index is 0.439. The zero-order valence-electron chi connectivity index (χ0n) is 9.66. The van der Waals surface area contributed by atoms with Crippen molar-refractivity contribution in [2.75, 3.05) is 19.0 Å². The Balaban J connectivity index is 2.30. The Bertz CT molecular complexity index is 345. The largest absolute Gasteiger partial charge is 0.488 e. The lowest BCUT2D eigenvalue weighted by molar-refractivity contribution is 0.299. The quantitative estimate of drug-likeness (QED) is 0.755. The normalized spacial score (nSPS) is 15.1. The molecular weight excluding hydrogens is 188 g/mol. The van der Waals surface area contributed by atoms with Crippen LogP contribution in [0.5, 0.6) is 5.75 Å². The third-order valence-corrected chi connectivity index (χ3v) is 2.65. The van der Waals surface area contributed by atoms with Gasteiger partial charge in [-0.05, 0) is 19.3 Å². The smallest absolute Gasteiger partial charge is 0.143 e. The number of pyridine rings is 1. The predicted molar refractivity (Wildman–Crippen MR) is 61.6 cm³/mol. The van der Waals surface area contributed by atoms with Crippen molar-refractivity contribution in [3.8, 4) is 5.75 Å². The minimum atomic E-state index is 0.439. The molecule has 2 rings (SSSR count). The molecule has 0 aromatic carbocycles. The summed E-state index contributed by atoms with van der Waals surface area (Å²) in [6.45, 7) is 2.15. The first-order chi connectivity index (χ1) is 7.22. The third-order valence-electron chi connectivity index (χ3n) is 2.65. The molecular formula is C12H18N2O. The Morgan fingerprint density at radius 3 is 2.67 bits per heavy atom. The molecule has 1 aromatic heterocycles. The summed E-state index contributed by atoms with van der Waals surface area (Å²) >= 11 is 0. The molecule has 82 valence electrons. The molecule has 0 saturated heterocycles. The summed E-state index contributed by atoms with van der Waals surface area (Å²) in [5.41, 5.74) is 2.43. The number of hydrogen-bond donors (Lipinski definition) is 0. The van der Waals surface area contributed by atoms with Gasteiger partial charge < -0.3 is 9.64 Å². The first-order valence-electron chi connectivity index (χ1n) is 5.53. The number of nitrogens with zero attached hydrogens (tertiary/aromatic N) is 2. The van der Waals surface area contributed by atoms with Gasteiger partial charge in [-0.25, -0.2) is 0 Å². The van der Waals surface area contributed by atoms with E-state index in [1.54, 1.807) is 0 Å². The molecule has 3 nitrogen and oxygen atoms in total. The molecule has 1 fully saturated rings. The fraction of sp³-hybridized carbons (Fsp3) is 0.583. The van der Waals surface area contributed by atoms with E-state index in [1.165, 1.54) is 18.4 Å². The van der Waals surface area contributed by atoms with Gasteiger partial charge in [-0.1, -0.05) is 6.92 Å². The second kappa shape index (κ2) is 4.09. The van der Waals surface area contributed by atoms with Crippen LogP contribution in [0.1, 0.15) is 25.3 Å². The van der Waals surface area contributed by atoms with Crippen molar-refractivity contribution in [3.63, 3.8) is 0 Å². The second-order valence-corrected chi connectivity index (χ2v) is 4.20. The van der Waals surface area contributed by atoms with E-state index >= 15 is 0 Å². The van der Waals surface area contributed by atoms with Crippen molar-refractivity contribution in [2.45, 2.75) is 32.3 Å². The molecule has 0 radical (unpaired) electrons. The van der Waals surface area contributed by atoms with E-state index in [2.05, 4.69) is 16.8 Å². The van der Waals surface area contributed by atoms with E-state index in [-0.39, 0.29) is 0 Å². The van der Waals surface area contributed by atoms with Crippen LogP contribution in [0, 0.1) is 0 Å². The third kappa shape index (κ3) is 2.22. The maximum absolute atomic E-state index is 5.85. The van der Waals surface area contributed by atoms with Crippen molar-refractivity contribution in [3.05, 3.63) is 18.0 Å². The van der Waals surface area contributed by atoms with Gasteiger partial charge in [0.15, 0.2) is 0 Å². The molecule has 1 aromatic rings. The summed E-state index contributed by atoms with van der Waals surface area (Å²) in [6, 6.07) is 0. The molecule has 1 saturated carbocycles. The molecule has 0 unspecified atom stereocenters. The Kier molecular flexibility index (Phi) is 2.80. The van der Waals surface area contributed by atoms with E-state index < -0.39 is 0 Å². The lowest BCUT2D eigenvalue weighted by Gasteiger charge is -2.19. The number of ether oxygens (including phenoxy) is 1. The van der Waals surface area contributed by atoms with E-state index in [0.29, 0.717) is 6.10 Å². The van der Waals surface area contributed by atoms with Crippen LogP contribution in [0.4, 0.5) is 5.69 Å². The highest BCUT2D eigenvalue weighted by atomic mass is 16.5. The van der Waals surface area contributed by atoms with E-state index in [4.69, 9.17) is 4.74 Å². The standard InChI is InChI=1S/C12H18N2O/c1-4-10-11(14(2)3)7-13-8-12(10)15-9-5-6-9/h7-9H,4-6H2,1-3H3. The van der Waals surface area contributed by atoms with Crippen molar-refractivity contribution in [2.24, 2.45) is 0 Å². The maximum Gasteiger partial charge on any atom is 0.143 e. The Morgan fingerprint density at radius 2 is 2.13 bits per heavy atom. The van der Waals surface area contributed by atoms with Gasteiger partial charge in [-0.15, -0.1) is 0 Å². The van der Waals surface area contributed by atoms with Gasteiger partial charge >= 0.3 is 0 Å². The number of aromatic nitrogens is 1. The number of hydrogen-bond acceptors (Lipinski definition) is 3. The Labute approximate surface area is 91.1 Å². The lowest BCUT2D eigenvalue weighted by Crippen LogP contribution is -2.13. The predicted octanol–water partition coefficient (Wildman–Crippen LogP) is 2.25. The summed E-state index contributed by atoms with van der Waals surface area (Å²) < 4.78 is 5.85. The highest BCUT2D eigenvalue weighted by Gasteiger charge is 2.25. The Hall–Kier alpha value is -1.25.